The number of quaternary nitrogens is 1. The van der Waals surface area contributed by atoms with Crippen molar-refractivity contribution in [2.45, 2.75) is 25.5 Å². The lowest BCUT2D eigenvalue weighted by Crippen LogP contribution is -2.61. The second kappa shape index (κ2) is 8.24. The van der Waals surface area contributed by atoms with Crippen molar-refractivity contribution in [3.63, 3.8) is 0 Å². The average Bonchev–Trinajstić information content (AvgIpc) is 3.22. The minimum atomic E-state index is 0.301. The van der Waals surface area contributed by atoms with E-state index in [-0.39, 0.29) is 0 Å². The fraction of sp³-hybridized carbons (Fsp3) is 0.200. The molecule has 2 heterocycles. The van der Waals surface area contributed by atoms with Crippen molar-refractivity contribution in [2.75, 3.05) is 12.1 Å². The van der Waals surface area contributed by atoms with E-state index in [2.05, 4.69) is 45.5 Å². The van der Waals surface area contributed by atoms with E-state index in [1.807, 2.05) is 61.5 Å². The maximum atomic E-state index is 6.11. The van der Waals surface area contributed by atoms with Crippen molar-refractivity contribution in [1.29, 1.82) is 0 Å². The van der Waals surface area contributed by atoms with Crippen LogP contribution in [0.25, 0.3) is 0 Å². The third-order valence-corrected chi connectivity index (χ3v) is 5.76. The molecule has 1 saturated carbocycles. The smallest absolute Gasteiger partial charge is 0.225 e. The van der Waals surface area contributed by atoms with Crippen molar-refractivity contribution >= 4 is 18.2 Å². The van der Waals surface area contributed by atoms with Crippen molar-refractivity contribution in [3.05, 3.63) is 96.3 Å². The van der Waals surface area contributed by atoms with E-state index in [9.17, 15) is 0 Å². The summed E-state index contributed by atoms with van der Waals surface area (Å²) < 4.78 is 11.7. The quantitative estimate of drug-likeness (QED) is 0.477. The van der Waals surface area contributed by atoms with Crippen LogP contribution in [0.3, 0.4) is 0 Å². The Labute approximate surface area is 182 Å². The van der Waals surface area contributed by atoms with Gasteiger partial charge in [0.05, 0.1) is 43.7 Å². The Kier molecular flexibility index (Phi) is 5.14. The highest BCUT2D eigenvalue weighted by Gasteiger charge is 2.47. The summed E-state index contributed by atoms with van der Waals surface area (Å²) in [6, 6.07) is 18.8. The van der Waals surface area contributed by atoms with Gasteiger partial charge in [0, 0.05) is 6.07 Å². The Hall–Kier alpha value is -3.64. The number of benzene rings is 2. The molecule has 1 unspecified atom stereocenters. The Morgan fingerprint density at radius 3 is 2.81 bits per heavy atom. The number of nitrogens with zero attached hydrogens (tertiary/aromatic N) is 4. The first-order chi connectivity index (χ1) is 15.3. The molecule has 6 nitrogen and oxygen atoms in total. The zero-order valence-electron chi connectivity index (χ0n) is 17.5. The number of hydrogen-bond acceptors (Lipinski definition) is 5. The molecule has 1 atom stereocenters. The molecule has 0 amide bonds. The summed E-state index contributed by atoms with van der Waals surface area (Å²) in [6.07, 6.45) is 13.3. The maximum absolute atomic E-state index is 6.11. The van der Waals surface area contributed by atoms with E-state index in [1.54, 1.807) is 7.11 Å². The summed E-state index contributed by atoms with van der Waals surface area (Å²) >= 11 is 0. The SMILES string of the molecule is COC=C1CC(N(c2cccc(OCc3ccccc3)c2)[N+]23C=CN=CC2=CN=C3)C1. The minimum absolute atomic E-state index is 0.301. The number of fused-ring (bicyclic) bond motifs is 1. The van der Waals surface area contributed by atoms with Crippen LogP contribution in [0.1, 0.15) is 18.4 Å². The normalized spacial score (nSPS) is 23.1. The monoisotopic (exact) mass is 413 g/mol. The van der Waals surface area contributed by atoms with Crippen LogP contribution in [-0.2, 0) is 11.3 Å². The van der Waals surface area contributed by atoms with Gasteiger partial charge < -0.3 is 9.47 Å². The van der Waals surface area contributed by atoms with Crippen LogP contribution in [0.15, 0.2) is 101 Å². The van der Waals surface area contributed by atoms with Gasteiger partial charge in [0.15, 0.2) is 6.20 Å². The molecule has 0 N–H and O–H groups in total. The largest absolute Gasteiger partial charge is 0.504 e. The highest BCUT2D eigenvalue weighted by Crippen LogP contribution is 2.42. The number of hydrogen-bond donors (Lipinski definition) is 0. The van der Waals surface area contributed by atoms with E-state index in [4.69, 9.17) is 9.47 Å². The number of anilines is 1. The van der Waals surface area contributed by atoms with E-state index in [1.165, 1.54) is 5.57 Å². The second-order valence-corrected chi connectivity index (χ2v) is 7.82. The fourth-order valence-electron chi connectivity index (χ4n) is 4.24. The first-order valence-electron chi connectivity index (χ1n) is 10.4. The first kappa shape index (κ1) is 19.3. The molecule has 0 spiro atoms. The summed E-state index contributed by atoms with van der Waals surface area (Å²) in [7, 11) is 1.70. The lowest BCUT2D eigenvalue weighted by Gasteiger charge is -2.47. The standard InChI is InChI=1S/C25H25N4O2/c1-30-17-21-12-23(13-21)28(29-11-10-26-15-24(29)16-27-19-29)22-8-5-9-25(14-22)31-18-20-6-3-2-4-7-20/h2-11,14-17,19,23H,12-13,18H2,1H3/q+1. The van der Waals surface area contributed by atoms with E-state index >= 15 is 0 Å². The second-order valence-electron chi connectivity index (χ2n) is 7.82. The number of methoxy groups -OCH3 is 1. The molecule has 3 aliphatic rings. The molecule has 2 aliphatic heterocycles. The van der Waals surface area contributed by atoms with Gasteiger partial charge in [-0.1, -0.05) is 36.4 Å². The summed E-state index contributed by atoms with van der Waals surface area (Å²) in [6.45, 7) is 0.535. The van der Waals surface area contributed by atoms with E-state index in [0.717, 1.165) is 35.5 Å². The third kappa shape index (κ3) is 3.66. The number of rotatable bonds is 7. The average molecular weight is 414 g/mol. The zero-order chi connectivity index (χ0) is 21.1. The van der Waals surface area contributed by atoms with Crippen LogP contribution < -0.4 is 9.75 Å². The van der Waals surface area contributed by atoms with Crippen LogP contribution in [0.5, 0.6) is 5.75 Å². The molecule has 2 aromatic rings. The van der Waals surface area contributed by atoms with Crippen molar-refractivity contribution in [1.82, 2.24) is 0 Å². The molecule has 1 fully saturated rings. The lowest BCUT2D eigenvalue weighted by atomic mass is 9.86. The van der Waals surface area contributed by atoms with Gasteiger partial charge in [-0.3, -0.25) is 4.99 Å². The number of allylic oxidation sites excluding steroid dienone is 1. The molecular formula is C25H25N4O2+. The highest BCUT2D eigenvalue weighted by atomic mass is 16.5. The summed E-state index contributed by atoms with van der Waals surface area (Å²) in [5.41, 5.74) is 4.55. The maximum Gasteiger partial charge on any atom is 0.225 e. The Morgan fingerprint density at radius 1 is 1.10 bits per heavy atom. The topological polar surface area (TPSA) is 46.4 Å². The molecule has 2 aromatic carbocycles. The molecule has 156 valence electrons. The van der Waals surface area contributed by atoms with Crippen LogP contribution in [-0.4, -0.2) is 30.3 Å². The Balaban J connectivity index is 1.46. The number of ether oxygens (including phenoxy) is 2. The fourth-order valence-corrected chi connectivity index (χ4v) is 4.24. The molecule has 0 saturated heterocycles. The molecule has 0 radical (unpaired) electrons. The number of aliphatic imine (C=N–C) groups is 2. The van der Waals surface area contributed by atoms with Gasteiger partial charge in [-0.2, -0.15) is 0 Å². The van der Waals surface area contributed by atoms with E-state index < -0.39 is 0 Å². The first-order valence-corrected chi connectivity index (χ1v) is 10.4. The van der Waals surface area contributed by atoms with Gasteiger partial charge in [0.1, 0.15) is 12.4 Å². The molecule has 0 bridgehead atoms. The van der Waals surface area contributed by atoms with E-state index in [0.29, 0.717) is 17.2 Å². The van der Waals surface area contributed by atoms with Gasteiger partial charge in [0.2, 0.25) is 12.0 Å². The van der Waals surface area contributed by atoms with Crippen LogP contribution >= 0.6 is 0 Å². The molecule has 0 aromatic heterocycles. The third-order valence-electron chi connectivity index (χ3n) is 5.76. The lowest BCUT2D eigenvalue weighted by molar-refractivity contribution is -0.746. The van der Waals surface area contributed by atoms with Crippen LogP contribution in [0.2, 0.25) is 0 Å². The molecule has 6 heteroatoms. The summed E-state index contributed by atoms with van der Waals surface area (Å²) in [5.74, 6) is 0.841. The van der Waals surface area contributed by atoms with Crippen LogP contribution in [0.4, 0.5) is 5.69 Å². The van der Waals surface area contributed by atoms with Gasteiger partial charge >= 0.3 is 0 Å². The molecular weight excluding hydrogens is 388 g/mol. The summed E-state index contributed by atoms with van der Waals surface area (Å²) in [5, 5.41) is 2.38. The predicted molar refractivity (Wildman–Crippen MR) is 122 cm³/mol. The van der Waals surface area contributed by atoms with Crippen LogP contribution in [0, 0.1) is 0 Å². The summed E-state index contributed by atoms with van der Waals surface area (Å²) in [4.78, 5) is 8.79. The van der Waals surface area contributed by atoms with Crippen molar-refractivity contribution in [2.24, 2.45) is 9.98 Å². The highest BCUT2D eigenvalue weighted by molar-refractivity contribution is 5.82. The van der Waals surface area contributed by atoms with Gasteiger partial charge in [-0.25, -0.2) is 10.0 Å². The minimum Gasteiger partial charge on any atom is -0.504 e. The van der Waals surface area contributed by atoms with Gasteiger partial charge in [-0.05, 0) is 36.1 Å². The van der Waals surface area contributed by atoms with Crippen molar-refractivity contribution < 1.29 is 14.1 Å². The molecule has 5 rings (SSSR count). The Morgan fingerprint density at radius 2 is 1.97 bits per heavy atom. The Bertz CT molecular complexity index is 1100. The zero-order valence-corrected chi connectivity index (χ0v) is 17.5. The predicted octanol–water partition coefficient (Wildman–Crippen LogP) is 4.94. The van der Waals surface area contributed by atoms with Crippen molar-refractivity contribution in [3.8, 4) is 5.75 Å². The molecule has 31 heavy (non-hydrogen) atoms. The molecule has 1 aliphatic carbocycles. The van der Waals surface area contributed by atoms with Gasteiger partial charge in [-0.15, -0.1) is 4.59 Å². The van der Waals surface area contributed by atoms with Gasteiger partial charge in [0.25, 0.3) is 0 Å².